The lowest BCUT2D eigenvalue weighted by Crippen LogP contribution is -2.27. The largest absolute Gasteiger partial charge is 0.508 e. The zero-order valence-corrected chi connectivity index (χ0v) is 15.2. The minimum Gasteiger partial charge on any atom is -0.508 e. The lowest BCUT2D eigenvalue weighted by Gasteiger charge is -2.13. The van der Waals surface area contributed by atoms with E-state index in [1.807, 2.05) is 6.07 Å². The highest BCUT2D eigenvalue weighted by Gasteiger charge is 2.44. The van der Waals surface area contributed by atoms with Gasteiger partial charge < -0.3 is 10.4 Å². The monoisotopic (exact) mass is 382 g/mol. The lowest BCUT2D eigenvalue weighted by molar-refractivity contribution is -0.125. The summed E-state index contributed by atoms with van der Waals surface area (Å²) in [6.45, 7) is 0.251. The second-order valence-electron chi connectivity index (χ2n) is 6.76. The summed E-state index contributed by atoms with van der Waals surface area (Å²) >= 11 is 1.02. The third kappa shape index (κ3) is 3.83. The Balaban J connectivity index is 1.34. The Bertz CT molecular complexity index is 896. The molecule has 2 aromatic rings. The molecule has 1 aliphatic carbocycles. The summed E-state index contributed by atoms with van der Waals surface area (Å²) < 4.78 is 0. The van der Waals surface area contributed by atoms with E-state index in [1.165, 1.54) is 4.90 Å². The van der Waals surface area contributed by atoms with Crippen LogP contribution in [0.25, 0.3) is 0 Å². The van der Waals surface area contributed by atoms with Gasteiger partial charge in [0.05, 0.1) is 12.3 Å². The number of aromatic hydroxyl groups is 1. The first-order valence-corrected chi connectivity index (χ1v) is 9.65. The van der Waals surface area contributed by atoms with Crippen LogP contribution in [0, 0.1) is 5.92 Å². The van der Waals surface area contributed by atoms with Gasteiger partial charge in [-0.15, -0.1) is 0 Å². The van der Waals surface area contributed by atoms with Crippen molar-refractivity contribution in [3.8, 4) is 5.75 Å². The third-order valence-corrected chi connectivity index (χ3v) is 5.69. The van der Waals surface area contributed by atoms with Crippen molar-refractivity contribution in [2.75, 3.05) is 11.1 Å². The Labute approximate surface area is 160 Å². The van der Waals surface area contributed by atoms with Crippen molar-refractivity contribution in [2.45, 2.75) is 18.9 Å². The van der Waals surface area contributed by atoms with Crippen molar-refractivity contribution in [3.63, 3.8) is 0 Å². The van der Waals surface area contributed by atoms with E-state index in [4.69, 9.17) is 0 Å². The Morgan fingerprint density at radius 1 is 1.19 bits per heavy atom. The third-order valence-electron chi connectivity index (χ3n) is 4.83. The summed E-state index contributed by atoms with van der Waals surface area (Å²) in [5, 5.41) is 12.2. The molecule has 1 aliphatic heterocycles. The molecule has 0 bridgehead atoms. The molecule has 1 heterocycles. The van der Waals surface area contributed by atoms with Crippen LogP contribution in [0.3, 0.4) is 0 Å². The summed E-state index contributed by atoms with van der Waals surface area (Å²) in [6, 6.07) is 14.2. The highest BCUT2D eigenvalue weighted by molar-refractivity contribution is 8.14. The number of carbonyl (C=O) groups excluding carboxylic acids is 3. The number of hydrogen-bond donors (Lipinski definition) is 2. The van der Waals surface area contributed by atoms with Crippen molar-refractivity contribution >= 4 is 34.5 Å². The molecule has 0 spiro atoms. The zero-order valence-electron chi connectivity index (χ0n) is 14.4. The van der Waals surface area contributed by atoms with E-state index in [0.29, 0.717) is 5.69 Å². The minimum absolute atomic E-state index is 0.0441. The summed E-state index contributed by atoms with van der Waals surface area (Å²) in [7, 11) is 0. The molecule has 2 N–H and O–H groups in total. The standard InChI is InChI=1S/C20H18N2O4S/c23-15-3-1-2-13(8-15)16-9-17(16)19(25)21-14-6-4-12(5-7-14)10-22-18(24)11-27-20(22)26/h1-8,16-17,23H,9-11H2,(H,21,25)/t16-,17+/m1/s1. The van der Waals surface area contributed by atoms with E-state index < -0.39 is 0 Å². The molecule has 1 saturated carbocycles. The van der Waals surface area contributed by atoms with Gasteiger partial charge >= 0.3 is 0 Å². The van der Waals surface area contributed by atoms with Crippen LogP contribution < -0.4 is 5.32 Å². The summed E-state index contributed by atoms with van der Waals surface area (Å²) in [6.07, 6.45) is 0.768. The molecule has 0 radical (unpaired) electrons. The highest BCUT2D eigenvalue weighted by atomic mass is 32.2. The molecule has 6 nitrogen and oxygen atoms in total. The minimum atomic E-state index is -0.218. The maximum Gasteiger partial charge on any atom is 0.289 e. The molecule has 0 aromatic heterocycles. The average Bonchev–Trinajstić information content (AvgIpc) is 3.40. The average molecular weight is 382 g/mol. The summed E-state index contributed by atoms with van der Waals surface area (Å²) in [5.41, 5.74) is 2.49. The van der Waals surface area contributed by atoms with Crippen LogP contribution in [-0.2, 0) is 16.1 Å². The van der Waals surface area contributed by atoms with Crippen LogP contribution in [0.2, 0.25) is 0 Å². The first-order valence-electron chi connectivity index (χ1n) is 8.67. The van der Waals surface area contributed by atoms with E-state index in [-0.39, 0.29) is 46.9 Å². The van der Waals surface area contributed by atoms with E-state index in [0.717, 1.165) is 29.3 Å². The van der Waals surface area contributed by atoms with Crippen molar-refractivity contribution in [1.29, 1.82) is 0 Å². The second kappa shape index (κ2) is 7.08. The number of anilines is 1. The van der Waals surface area contributed by atoms with E-state index in [1.54, 1.807) is 42.5 Å². The molecule has 4 rings (SSSR count). The molecule has 27 heavy (non-hydrogen) atoms. The maximum atomic E-state index is 12.4. The number of amides is 3. The molecule has 0 unspecified atom stereocenters. The number of nitrogens with one attached hydrogen (secondary N) is 1. The SMILES string of the molecule is O=C(Nc1ccc(CN2C(=O)CSC2=O)cc1)[C@H]1C[C@@H]1c1cccc(O)c1. The number of phenolic OH excluding ortho intramolecular Hbond substituents is 1. The lowest BCUT2D eigenvalue weighted by atomic mass is 10.1. The second-order valence-corrected chi connectivity index (χ2v) is 7.69. The van der Waals surface area contributed by atoms with Crippen molar-refractivity contribution in [3.05, 3.63) is 59.7 Å². The Hall–Kier alpha value is -2.80. The van der Waals surface area contributed by atoms with E-state index in [9.17, 15) is 19.5 Å². The quantitative estimate of drug-likeness (QED) is 0.828. The number of imide groups is 1. The number of nitrogens with zero attached hydrogens (tertiary/aromatic N) is 1. The number of benzene rings is 2. The number of carbonyl (C=O) groups is 3. The van der Waals surface area contributed by atoms with Crippen molar-refractivity contribution in [2.24, 2.45) is 5.92 Å². The summed E-state index contributed by atoms with van der Waals surface area (Å²) in [5.74, 6) is 0.243. The first-order chi connectivity index (χ1) is 13.0. The van der Waals surface area contributed by atoms with Crippen molar-refractivity contribution in [1.82, 2.24) is 4.90 Å². The van der Waals surface area contributed by atoms with Gasteiger partial charge in [-0.2, -0.15) is 0 Å². The molecule has 3 amide bonds. The van der Waals surface area contributed by atoms with Crippen molar-refractivity contribution < 1.29 is 19.5 Å². The van der Waals surface area contributed by atoms with Crippen LogP contribution in [-0.4, -0.2) is 32.8 Å². The smallest absolute Gasteiger partial charge is 0.289 e. The Morgan fingerprint density at radius 3 is 2.63 bits per heavy atom. The molecule has 7 heteroatoms. The Morgan fingerprint density at radius 2 is 1.96 bits per heavy atom. The highest BCUT2D eigenvalue weighted by Crippen LogP contribution is 2.48. The number of rotatable bonds is 5. The van der Waals surface area contributed by atoms with Crippen LogP contribution in [0.1, 0.15) is 23.5 Å². The molecular weight excluding hydrogens is 364 g/mol. The van der Waals surface area contributed by atoms with Crippen LogP contribution in [0.4, 0.5) is 10.5 Å². The fraction of sp³-hybridized carbons (Fsp3) is 0.250. The van der Waals surface area contributed by atoms with Gasteiger partial charge in [0.2, 0.25) is 11.8 Å². The van der Waals surface area contributed by atoms with Gasteiger partial charge in [0.1, 0.15) is 5.75 Å². The van der Waals surface area contributed by atoms with E-state index in [2.05, 4.69) is 5.32 Å². The number of phenols is 1. The number of thioether (sulfide) groups is 1. The van der Waals surface area contributed by atoms with E-state index >= 15 is 0 Å². The fourth-order valence-corrected chi connectivity index (χ4v) is 3.98. The molecule has 2 atom stereocenters. The first kappa shape index (κ1) is 17.6. The van der Waals surface area contributed by atoms with Crippen LogP contribution in [0.15, 0.2) is 48.5 Å². The predicted octanol–water partition coefficient (Wildman–Crippen LogP) is 3.33. The topological polar surface area (TPSA) is 86.7 Å². The van der Waals surface area contributed by atoms with Gasteiger partial charge in [0.15, 0.2) is 0 Å². The van der Waals surface area contributed by atoms with Gasteiger partial charge in [-0.05, 0) is 47.7 Å². The van der Waals surface area contributed by atoms with Gasteiger partial charge in [-0.1, -0.05) is 36.0 Å². The van der Waals surface area contributed by atoms with Gasteiger partial charge in [0.25, 0.3) is 5.24 Å². The Kier molecular flexibility index (Phi) is 4.61. The van der Waals surface area contributed by atoms with Gasteiger partial charge in [-0.25, -0.2) is 0 Å². The van der Waals surface area contributed by atoms with Crippen LogP contribution >= 0.6 is 11.8 Å². The summed E-state index contributed by atoms with van der Waals surface area (Å²) in [4.78, 5) is 37.0. The predicted molar refractivity (Wildman–Crippen MR) is 102 cm³/mol. The van der Waals surface area contributed by atoms with Crippen LogP contribution in [0.5, 0.6) is 5.75 Å². The molecule has 2 aliphatic rings. The normalized spacial score (nSPS) is 21.4. The fourth-order valence-electron chi connectivity index (χ4n) is 3.25. The molecule has 2 fully saturated rings. The molecular formula is C20H18N2O4S. The molecule has 2 aromatic carbocycles. The molecule has 1 saturated heterocycles. The van der Waals surface area contributed by atoms with Gasteiger partial charge in [0, 0.05) is 11.6 Å². The van der Waals surface area contributed by atoms with Gasteiger partial charge in [-0.3, -0.25) is 19.3 Å². The molecule has 138 valence electrons. The number of hydrogen-bond acceptors (Lipinski definition) is 5. The zero-order chi connectivity index (χ0) is 19.0. The maximum absolute atomic E-state index is 12.4.